The fourth-order valence-electron chi connectivity index (χ4n) is 1.86. The van der Waals surface area contributed by atoms with Gasteiger partial charge in [0.05, 0.1) is 6.10 Å². The van der Waals surface area contributed by atoms with E-state index in [4.69, 9.17) is 0 Å². The van der Waals surface area contributed by atoms with Crippen molar-refractivity contribution in [1.82, 2.24) is 4.98 Å². The van der Waals surface area contributed by atoms with Crippen molar-refractivity contribution in [2.24, 2.45) is 0 Å². The average molecular weight is 371 g/mol. The molecule has 1 unspecified atom stereocenters. The van der Waals surface area contributed by atoms with Crippen LogP contribution >= 0.6 is 22.6 Å². The third-order valence-corrected chi connectivity index (χ3v) is 3.95. The van der Waals surface area contributed by atoms with E-state index in [1.165, 1.54) is 17.7 Å². The number of benzene rings is 1. The van der Waals surface area contributed by atoms with Crippen LogP contribution < -0.4 is 0 Å². The van der Waals surface area contributed by atoms with Gasteiger partial charge in [0.25, 0.3) is 0 Å². The van der Waals surface area contributed by atoms with Crippen molar-refractivity contribution in [2.75, 3.05) is 0 Å². The molecule has 0 saturated heterocycles. The summed E-state index contributed by atoms with van der Waals surface area (Å²) in [6, 6.07) is 8.37. The van der Waals surface area contributed by atoms with E-state index >= 15 is 0 Å². The van der Waals surface area contributed by atoms with Crippen molar-refractivity contribution in [3.63, 3.8) is 0 Å². The van der Waals surface area contributed by atoms with E-state index < -0.39 is 6.10 Å². The van der Waals surface area contributed by atoms with Crippen LogP contribution in [0.5, 0.6) is 0 Å². The minimum atomic E-state index is -0.660. The Hall–Kier alpha value is -1.01. The second-order valence-electron chi connectivity index (χ2n) is 4.40. The molecule has 19 heavy (non-hydrogen) atoms. The lowest BCUT2D eigenvalue weighted by Crippen LogP contribution is -2.05. The predicted octanol–water partition coefficient (Wildman–Crippen LogP) is 3.66. The molecule has 2 nitrogen and oxygen atoms in total. The molecule has 0 aliphatic heterocycles. The fraction of sp³-hybridized carbons (Fsp3) is 0.267. The summed E-state index contributed by atoms with van der Waals surface area (Å²) in [5.41, 5.74) is 2.75. The van der Waals surface area contributed by atoms with E-state index in [1.54, 1.807) is 6.07 Å². The molecule has 0 saturated carbocycles. The Balaban J connectivity index is 2.13. The summed E-state index contributed by atoms with van der Waals surface area (Å²) < 4.78 is 13.8. The first-order valence-electron chi connectivity index (χ1n) is 6.17. The van der Waals surface area contributed by atoms with E-state index in [0.717, 1.165) is 21.2 Å². The van der Waals surface area contributed by atoms with E-state index in [9.17, 15) is 9.50 Å². The Labute approximate surface area is 125 Å². The molecular weight excluding hydrogens is 356 g/mol. The Bertz CT molecular complexity index is 557. The monoisotopic (exact) mass is 371 g/mol. The lowest BCUT2D eigenvalue weighted by molar-refractivity contribution is 0.176. The van der Waals surface area contributed by atoms with Gasteiger partial charge in [-0.05, 0) is 58.3 Å². The summed E-state index contributed by atoms with van der Waals surface area (Å²) in [7, 11) is 0. The normalized spacial score (nSPS) is 12.4. The maximum atomic E-state index is 13.0. The predicted molar refractivity (Wildman–Crippen MR) is 81.4 cm³/mol. The van der Waals surface area contributed by atoms with Gasteiger partial charge in [-0.25, -0.2) is 4.39 Å². The SMILES string of the molecule is CCc1ccc(CC(O)c2ccc(F)cc2I)nc1. The van der Waals surface area contributed by atoms with E-state index in [2.05, 4.69) is 11.9 Å². The quantitative estimate of drug-likeness (QED) is 0.833. The Kier molecular flexibility index (Phi) is 4.87. The van der Waals surface area contributed by atoms with Crippen molar-refractivity contribution in [3.05, 3.63) is 62.7 Å². The lowest BCUT2D eigenvalue weighted by Gasteiger charge is -2.12. The minimum absolute atomic E-state index is 0.286. The van der Waals surface area contributed by atoms with Crippen LogP contribution in [0.1, 0.15) is 29.8 Å². The number of aromatic nitrogens is 1. The summed E-state index contributed by atoms with van der Waals surface area (Å²) in [6.07, 6.45) is 2.56. The molecule has 100 valence electrons. The maximum Gasteiger partial charge on any atom is 0.124 e. The smallest absolute Gasteiger partial charge is 0.124 e. The molecular formula is C15H15FINO. The van der Waals surface area contributed by atoms with Gasteiger partial charge >= 0.3 is 0 Å². The van der Waals surface area contributed by atoms with Crippen LogP contribution in [0.3, 0.4) is 0 Å². The highest BCUT2D eigenvalue weighted by atomic mass is 127. The van der Waals surface area contributed by atoms with Crippen LogP contribution in [0.15, 0.2) is 36.5 Å². The Morgan fingerprint density at radius 1 is 1.32 bits per heavy atom. The highest BCUT2D eigenvalue weighted by Crippen LogP contribution is 2.23. The molecule has 1 aromatic carbocycles. The van der Waals surface area contributed by atoms with Gasteiger partial charge in [-0.15, -0.1) is 0 Å². The molecule has 0 spiro atoms. The molecule has 0 fully saturated rings. The second kappa shape index (κ2) is 6.43. The van der Waals surface area contributed by atoms with Crippen molar-refractivity contribution in [2.45, 2.75) is 25.9 Å². The molecule has 2 rings (SSSR count). The Morgan fingerprint density at radius 3 is 2.68 bits per heavy atom. The van der Waals surface area contributed by atoms with Gasteiger partial charge in [-0.2, -0.15) is 0 Å². The fourth-order valence-corrected chi connectivity index (χ4v) is 2.70. The molecule has 2 aromatic rings. The number of nitrogens with zero attached hydrogens (tertiary/aromatic N) is 1. The number of pyridine rings is 1. The number of rotatable bonds is 4. The second-order valence-corrected chi connectivity index (χ2v) is 5.56. The number of hydrogen-bond acceptors (Lipinski definition) is 2. The van der Waals surface area contributed by atoms with Crippen molar-refractivity contribution in [1.29, 1.82) is 0 Å². The molecule has 0 amide bonds. The van der Waals surface area contributed by atoms with Crippen LogP contribution in [0, 0.1) is 9.39 Å². The lowest BCUT2D eigenvalue weighted by atomic mass is 10.0. The first kappa shape index (κ1) is 14.4. The zero-order valence-electron chi connectivity index (χ0n) is 10.6. The van der Waals surface area contributed by atoms with Gasteiger partial charge in [-0.3, -0.25) is 4.98 Å². The number of aryl methyl sites for hydroxylation is 1. The van der Waals surface area contributed by atoms with Gasteiger partial charge in [0.1, 0.15) is 5.82 Å². The number of hydrogen-bond donors (Lipinski definition) is 1. The number of halogens is 2. The standard InChI is InChI=1S/C15H15FINO/c1-2-10-3-5-12(18-9-10)8-15(19)13-6-4-11(16)7-14(13)17/h3-7,9,15,19H,2,8H2,1H3. The van der Waals surface area contributed by atoms with Crippen molar-refractivity contribution < 1.29 is 9.50 Å². The van der Waals surface area contributed by atoms with Crippen molar-refractivity contribution in [3.8, 4) is 0 Å². The molecule has 1 aromatic heterocycles. The molecule has 0 aliphatic rings. The van der Waals surface area contributed by atoms with Gasteiger partial charge < -0.3 is 5.11 Å². The third-order valence-electron chi connectivity index (χ3n) is 3.02. The highest BCUT2D eigenvalue weighted by molar-refractivity contribution is 14.1. The molecule has 0 bridgehead atoms. The minimum Gasteiger partial charge on any atom is -0.388 e. The van der Waals surface area contributed by atoms with Gasteiger partial charge in [0.15, 0.2) is 0 Å². The summed E-state index contributed by atoms with van der Waals surface area (Å²) in [5, 5.41) is 10.2. The maximum absolute atomic E-state index is 13.0. The topological polar surface area (TPSA) is 33.1 Å². The number of aliphatic hydroxyl groups is 1. The largest absolute Gasteiger partial charge is 0.388 e. The molecule has 4 heteroatoms. The molecule has 1 N–H and O–H groups in total. The van der Waals surface area contributed by atoms with Gasteiger partial charge in [-0.1, -0.05) is 19.1 Å². The van der Waals surface area contributed by atoms with Crippen LogP contribution in [0.25, 0.3) is 0 Å². The number of aliphatic hydroxyl groups excluding tert-OH is 1. The summed E-state index contributed by atoms with van der Waals surface area (Å²) in [5.74, 6) is -0.286. The third kappa shape index (κ3) is 3.73. The van der Waals surface area contributed by atoms with Crippen LogP contribution in [0.4, 0.5) is 4.39 Å². The average Bonchev–Trinajstić information content (AvgIpc) is 2.39. The van der Waals surface area contributed by atoms with E-state index in [0.29, 0.717) is 6.42 Å². The summed E-state index contributed by atoms with van der Waals surface area (Å²) in [6.45, 7) is 2.08. The van der Waals surface area contributed by atoms with Crippen LogP contribution in [0.2, 0.25) is 0 Å². The first-order chi connectivity index (χ1) is 9.10. The van der Waals surface area contributed by atoms with Crippen LogP contribution in [-0.4, -0.2) is 10.1 Å². The molecule has 1 atom stereocenters. The molecule has 0 aliphatic carbocycles. The zero-order chi connectivity index (χ0) is 13.8. The summed E-state index contributed by atoms with van der Waals surface area (Å²) >= 11 is 2.03. The van der Waals surface area contributed by atoms with Crippen LogP contribution in [-0.2, 0) is 12.8 Å². The highest BCUT2D eigenvalue weighted by Gasteiger charge is 2.13. The van der Waals surface area contributed by atoms with Crippen molar-refractivity contribution >= 4 is 22.6 Å². The molecule has 0 radical (unpaired) electrons. The van der Waals surface area contributed by atoms with E-state index in [-0.39, 0.29) is 5.82 Å². The zero-order valence-corrected chi connectivity index (χ0v) is 12.8. The van der Waals surface area contributed by atoms with Gasteiger partial charge in [0.2, 0.25) is 0 Å². The summed E-state index contributed by atoms with van der Waals surface area (Å²) in [4.78, 5) is 4.33. The first-order valence-corrected chi connectivity index (χ1v) is 7.25. The molecule has 1 heterocycles. The van der Waals surface area contributed by atoms with Gasteiger partial charge in [0, 0.05) is 21.9 Å². The van der Waals surface area contributed by atoms with E-state index in [1.807, 2.05) is 40.9 Å². The Morgan fingerprint density at radius 2 is 2.11 bits per heavy atom.